The highest BCUT2D eigenvalue weighted by Crippen LogP contribution is 2.33. The van der Waals surface area contributed by atoms with Gasteiger partial charge in [0.15, 0.2) is 5.01 Å². The standard InChI is InChI=1S/C17H19N3O2S/c21-14-4-2-1-3-13(14)15-8-18-17(23-15)16(22)19-12-7-11-5-6-20(9-11)10-12/h1-4,8,11-12,21H,5-7,9-10H2,(H,19,22)/t11-,12+/m0/s1. The third-order valence-electron chi connectivity index (χ3n) is 4.67. The zero-order chi connectivity index (χ0) is 15.8. The molecular weight excluding hydrogens is 310 g/mol. The van der Waals surface area contributed by atoms with E-state index in [-0.39, 0.29) is 17.7 Å². The number of aromatic nitrogens is 1. The average molecular weight is 329 g/mol. The third kappa shape index (κ3) is 2.96. The van der Waals surface area contributed by atoms with Crippen molar-refractivity contribution in [3.8, 4) is 16.2 Å². The lowest BCUT2D eigenvalue weighted by Crippen LogP contribution is -2.46. The number of aromatic hydroxyl groups is 1. The van der Waals surface area contributed by atoms with Crippen LogP contribution in [0.15, 0.2) is 30.5 Å². The quantitative estimate of drug-likeness (QED) is 0.907. The van der Waals surface area contributed by atoms with Gasteiger partial charge in [-0.1, -0.05) is 12.1 Å². The summed E-state index contributed by atoms with van der Waals surface area (Å²) in [5.74, 6) is 0.825. The van der Waals surface area contributed by atoms with Crippen LogP contribution in [0, 0.1) is 5.92 Å². The summed E-state index contributed by atoms with van der Waals surface area (Å²) in [4.78, 5) is 19.9. The highest BCUT2D eigenvalue weighted by atomic mass is 32.1. The maximum absolute atomic E-state index is 12.4. The molecule has 4 rings (SSSR count). The summed E-state index contributed by atoms with van der Waals surface area (Å²) in [7, 11) is 0. The number of nitrogens with one attached hydrogen (secondary N) is 1. The van der Waals surface area contributed by atoms with Crippen molar-refractivity contribution in [2.45, 2.75) is 18.9 Å². The van der Waals surface area contributed by atoms with Crippen molar-refractivity contribution in [3.05, 3.63) is 35.5 Å². The number of phenols is 1. The Morgan fingerprint density at radius 2 is 2.22 bits per heavy atom. The summed E-state index contributed by atoms with van der Waals surface area (Å²) in [5, 5.41) is 13.5. The Bertz CT molecular complexity index is 718. The first-order chi connectivity index (χ1) is 11.2. The number of nitrogens with zero attached hydrogens (tertiary/aromatic N) is 2. The molecule has 3 atom stereocenters. The molecule has 23 heavy (non-hydrogen) atoms. The summed E-state index contributed by atoms with van der Waals surface area (Å²) in [6.45, 7) is 3.28. The molecule has 2 saturated heterocycles. The van der Waals surface area contributed by atoms with Crippen molar-refractivity contribution in [1.82, 2.24) is 15.2 Å². The van der Waals surface area contributed by atoms with Gasteiger partial charge in [0.1, 0.15) is 5.75 Å². The predicted molar refractivity (Wildman–Crippen MR) is 89.6 cm³/mol. The number of phenolic OH excluding ortho intramolecular Hbond substituents is 1. The van der Waals surface area contributed by atoms with Crippen molar-refractivity contribution in [1.29, 1.82) is 0 Å². The van der Waals surface area contributed by atoms with Gasteiger partial charge in [-0.3, -0.25) is 4.79 Å². The SMILES string of the molecule is O=C(N[C@@H]1C[C@@H]2CCN(C2)C1)c1ncc(-c2ccccc2O)s1. The molecule has 0 spiro atoms. The number of piperidine rings is 1. The second-order valence-electron chi connectivity index (χ2n) is 6.37. The lowest BCUT2D eigenvalue weighted by atomic mass is 9.97. The molecule has 1 aromatic carbocycles. The van der Waals surface area contributed by atoms with Gasteiger partial charge in [0.25, 0.3) is 5.91 Å². The fourth-order valence-corrected chi connectivity index (χ4v) is 4.45. The molecule has 0 aliphatic carbocycles. The second kappa shape index (κ2) is 5.94. The molecular formula is C17H19N3O2S. The Balaban J connectivity index is 1.46. The number of benzene rings is 1. The van der Waals surface area contributed by atoms with E-state index in [1.807, 2.05) is 12.1 Å². The van der Waals surface area contributed by atoms with E-state index in [9.17, 15) is 9.90 Å². The Morgan fingerprint density at radius 1 is 1.35 bits per heavy atom. The number of carbonyl (C=O) groups excluding carboxylic acids is 1. The van der Waals surface area contributed by atoms with Crippen LogP contribution in [-0.2, 0) is 0 Å². The maximum Gasteiger partial charge on any atom is 0.280 e. The Hall–Kier alpha value is -1.92. The molecule has 2 N–H and O–H groups in total. The number of amides is 1. The first kappa shape index (κ1) is 14.7. The van der Waals surface area contributed by atoms with Crippen LogP contribution in [0.4, 0.5) is 0 Å². The van der Waals surface area contributed by atoms with E-state index >= 15 is 0 Å². The smallest absolute Gasteiger partial charge is 0.280 e. The van der Waals surface area contributed by atoms with Crippen LogP contribution < -0.4 is 5.32 Å². The van der Waals surface area contributed by atoms with Crippen LogP contribution in [0.2, 0.25) is 0 Å². The predicted octanol–water partition coefficient (Wildman–Crippen LogP) is 2.34. The van der Waals surface area contributed by atoms with E-state index in [1.165, 1.54) is 24.3 Å². The van der Waals surface area contributed by atoms with Crippen molar-refractivity contribution in [2.24, 2.45) is 5.92 Å². The van der Waals surface area contributed by atoms with Crippen LogP contribution in [0.5, 0.6) is 5.75 Å². The minimum absolute atomic E-state index is 0.107. The molecule has 2 aliphatic rings. The third-order valence-corrected chi connectivity index (χ3v) is 5.70. The maximum atomic E-state index is 12.4. The Morgan fingerprint density at radius 3 is 3.04 bits per heavy atom. The molecule has 2 fully saturated rings. The lowest BCUT2D eigenvalue weighted by Gasteiger charge is -2.30. The first-order valence-corrected chi connectivity index (χ1v) is 8.78. The number of hydrogen-bond acceptors (Lipinski definition) is 5. The summed E-state index contributed by atoms with van der Waals surface area (Å²) in [6, 6.07) is 7.33. The fourth-order valence-electron chi connectivity index (χ4n) is 3.60. The van der Waals surface area contributed by atoms with Gasteiger partial charge in [-0.15, -0.1) is 11.3 Å². The molecule has 3 heterocycles. The van der Waals surface area contributed by atoms with Crippen molar-refractivity contribution in [2.75, 3.05) is 19.6 Å². The molecule has 2 aromatic rings. The van der Waals surface area contributed by atoms with Crippen molar-refractivity contribution < 1.29 is 9.90 Å². The van der Waals surface area contributed by atoms with Crippen molar-refractivity contribution >= 4 is 17.2 Å². The Kier molecular flexibility index (Phi) is 3.79. The molecule has 1 amide bonds. The van der Waals surface area contributed by atoms with E-state index in [0.29, 0.717) is 10.6 Å². The number of fused-ring (bicyclic) bond motifs is 2. The van der Waals surface area contributed by atoms with Gasteiger partial charge in [0.2, 0.25) is 0 Å². The van der Waals surface area contributed by atoms with Crippen LogP contribution >= 0.6 is 11.3 Å². The molecule has 1 unspecified atom stereocenters. The summed E-state index contributed by atoms with van der Waals surface area (Å²) in [5.41, 5.74) is 0.714. The lowest BCUT2D eigenvalue weighted by molar-refractivity contribution is 0.0909. The van der Waals surface area contributed by atoms with E-state index in [0.717, 1.165) is 30.3 Å². The molecule has 0 saturated carbocycles. The molecule has 5 nitrogen and oxygen atoms in total. The molecule has 120 valence electrons. The molecule has 1 aromatic heterocycles. The van der Waals surface area contributed by atoms with Crippen LogP contribution in [0.3, 0.4) is 0 Å². The normalized spacial score (nSPS) is 26.2. The minimum atomic E-state index is -0.107. The fraction of sp³-hybridized carbons (Fsp3) is 0.412. The van der Waals surface area contributed by atoms with Crippen LogP contribution in [0.25, 0.3) is 10.4 Å². The minimum Gasteiger partial charge on any atom is -0.507 e. The first-order valence-electron chi connectivity index (χ1n) is 7.96. The van der Waals surface area contributed by atoms with E-state index < -0.39 is 0 Å². The van der Waals surface area contributed by atoms with Gasteiger partial charge in [0, 0.05) is 30.9 Å². The van der Waals surface area contributed by atoms with Gasteiger partial charge in [-0.2, -0.15) is 0 Å². The average Bonchev–Trinajstić information content (AvgIpc) is 3.15. The van der Waals surface area contributed by atoms with Crippen LogP contribution in [-0.4, -0.2) is 46.6 Å². The number of carbonyl (C=O) groups is 1. The van der Waals surface area contributed by atoms with Crippen molar-refractivity contribution in [3.63, 3.8) is 0 Å². The highest BCUT2D eigenvalue weighted by molar-refractivity contribution is 7.17. The number of rotatable bonds is 3. The largest absolute Gasteiger partial charge is 0.507 e. The molecule has 2 aliphatic heterocycles. The Labute approximate surface area is 139 Å². The molecule has 6 heteroatoms. The van der Waals surface area contributed by atoms with E-state index in [1.54, 1.807) is 18.3 Å². The van der Waals surface area contributed by atoms with Gasteiger partial charge in [0.05, 0.1) is 4.88 Å². The van der Waals surface area contributed by atoms with Gasteiger partial charge >= 0.3 is 0 Å². The topological polar surface area (TPSA) is 65.5 Å². The number of thiazole rings is 1. The zero-order valence-corrected chi connectivity index (χ0v) is 13.6. The van der Waals surface area contributed by atoms with Gasteiger partial charge in [-0.25, -0.2) is 4.98 Å². The zero-order valence-electron chi connectivity index (χ0n) is 12.7. The summed E-state index contributed by atoms with van der Waals surface area (Å²) >= 11 is 1.32. The van der Waals surface area contributed by atoms with E-state index in [2.05, 4.69) is 15.2 Å². The number of hydrogen-bond donors (Lipinski definition) is 2. The number of para-hydroxylation sites is 1. The second-order valence-corrected chi connectivity index (χ2v) is 7.40. The monoisotopic (exact) mass is 329 g/mol. The van der Waals surface area contributed by atoms with Gasteiger partial charge < -0.3 is 15.3 Å². The summed E-state index contributed by atoms with van der Waals surface area (Å²) in [6.07, 6.45) is 3.98. The van der Waals surface area contributed by atoms with E-state index in [4.69, 9.17) is 0 Å². The highest BCUT2D eigenvalue weighted by Gasteiger charge is 2.33. The summed E-state index contributed by atoms with van der Waals surface area (Å²) < 4.78 is 0. The molecule has 2 bridgehead atoms. The van der Waals surface area contributed by atoms with Gasteiger partial charge in [-0.05, 0) is 37.4 Å². The van der Waals surface area contributed by atoms with Crippen LogP contribution in [0.1, 0.15) is 22.6 Å². The molecule has 0 radical (unpaired) electrons.